The summed E-state index contributed by atoms with van der Waals surface area (Å²) in [5.74, 6) is 0. The van der Waals surface area contributed by atoms with Gasteiger partial charge in [0.25, 0.3) is 0 Å². The molecule has 1 rings (SSSR count). The number of hydrazone groups is 1. The minimum absolute atomic E-state index is 0.106. The summed E-state index contributed by atoms with van der Waals surface area (Å²) in [6, 6.07) is -5.65. The van der Waals surface area contributed by atoms with Crippen molar-refractivity contribution >= 4 is 6.34 Å². The highest BCUT2D eigenvalue weighted by molar-refractivity contribution is 5.58. The lowest BCUT2D eigenvalue weighted by Gasteiger charge is -2.36. The Morgan fingerprint density at radius 1 is 1.05 bits per heavy atom. The molecule has 0 saturated carbocycles. The summed E-state index contributed by atoms with van der Waals surface area (Å²) >= 11 is 0. The van der Waals surface area contributed by atoms with Crippen LogP contribution in [0.5, 0.6) is 0 Å². The molecule has 0 saturated heterocycles. The van der Waals surface area contributed by atoms with Gasteiger partial charge in [0, 0.05) is 6.54 Å². The van der Waals surface area contributed by atoms with Crippen LogP contribution < -0.4 is 0 Å². The van der Waals surface area contributed by atoms with Crippen LogP contribution in [0.4, 0.5) is 35.1 Å². The van der Waals surface area contributed by atoms with E-state index >= 15 is 0 Å². The zero-order valence-corrected chi connectivity index (χ0v) is 9.43. The fraction of sp³-hybridized carbons (Fsp3) is 0.875. The Kier molecular flexibility index (Phi) is 3.88. The van der Waals surface area contributed by atoms with Crippen LogP contribution in [0.3, 0.4) is 0 Å². The largest absolute Gasteiger partial charge is 0.475 e. The highest BCUT2D eigenvalue weighted by atomic mass is 19.4. The molecule has 0 bridgehead atoms. The van der Waals surface area contributed by atoms with Gasteiger partial charge in [0.1, 0.15) is 6.34 Å². The van der Waals surface area contributed by atoms with E-state index in [1.54, 1.807) is 0 Å². The Morgan fingerprint density at radius 3 is 1.95 bits per heavy atom. The van der Waals surface area contributed by atoms with Gasteiger partial charge in [0.2, 0.25) is 6.17 Å². The SMILES string of the molecule is CCCN1N=CN(C(F)(F)C(F)(F)F)C1C(F)(F)F. The molecule has 3 nitrogen and oxygen atoms in total. The lowest BCUT2D eigenvalue weighted by Crippen LogP contribution is -2.61. The summed E-state index contributed by atoms with van der Waals surface area (Å²) in [7, 11) is 0. The first-order chi connectivity index (χ1) is 8.43. The third kappa shape index (κ3) is 2.84. The Hall–Kier alpha value is -1.29. The van der Waals surface area contributed by atoms with E-state index in [2.05, 4.69) is 5.10 Å². The quantitative estimate of drug-likeness (QED) is 0.589. The van der Waals surface area contributed by atoms with Crippen LogP contribution in [-0.4, -0.2) is 47.4 Å². The van der Waals surface area contributed by atoms with Gasteiger partial charge in [-0.25, -0.2) is 0 Å². The lowest BCUT2D eigenvalue weighted by molar-refractivity contribution is -0.352. The summed E-state index contributed by atoms with van der Waals surface area (Å²) < 4.78 is 100. The van der Waals surface area contributed by atoms with Gasteiger partial charge in [-0.15, -0.1) is 0 Å². The van der Waals surface area contributed by atoms with Crippen LogP contribution in [0.2, 0.25) is 0 Å². The molecule has 1 aliphatic heterocycles. The lowest BCUT2D eigenvalue weighted by atomic mass is 10.3. The van der Waals surface area contributed by atoms with Crippen LogP contribution in [0.1, 0.15) is 13.3 Å². The van der Waals surface area contributed by atoms with Crippen molar-refractivity contribution in [1.29, 1.82) is 0 Å². The fourth-order valence-electron chi connectivity index (χ4n) is 1.50. The molecule has 0 fully saturated rings. The van der Waals surface area contributed by atoms with Crippen molar-refractivity contribution in [2.75, 3.05) is 6.54 Å². The van der Waals surface area contributed by atoms with Gasteiger partial charge in [-0.3, -0.25) is 9.91 Å². The van der Waals surface area contributed by atoms with Crippen LogP contribution in [-0.2, 0) is 0 Å². The molecule has 19 heavy (non-hydrogen) atoms. The fourth-order valence-corrected chi connectivity index (χ4v) is 1.50. The molecule has 0 aromatic heterocycles. The average molecular weight is 299 g/mol. The van der Waals surface area contributed by atoms with E-state index in [9.17, 15) is 35.1 Å². The Balaban J connectivity index is 3.11. The number of halogens is 8. The van der Waals surface area contributed by atoms with Crippen molar-refractivity contribution < 1.29 is 35.1 Å². The van der Waals surface area contributed by atoms with Crippen molar-refractivity contribution in [3.8, 4) is 0 Å². The molecule has 0 amide bonds. The van der Waals surface area contributed by atoms with E-state index < -0.39 is 36.0 Å². The normalized spacial score (nSPS) is 21.4. The molecule has 11 heteroatoms. The first kappa shape index (κ1) is 15.8. The van der Waals surface area contributed by atoms with Gasteiger partial charge < -0.3 is 0 Å². The van der Waals surface area contributed by atoms with Crippen molar-refractivity contribution in [3.05, 3.63) is 0 Å². The van der Waals surface area contributed by atoms with E-state index in [1.165, 1.54) is 6.92 Å². The zero-order valence-electron chi connectivity index (χ0n) is 9.43. The molecule has 0 N–H and O–H groups in total. The van der Waals surface area contributed by atoms with E-state index in [4.69, 9.17) is 0 Å². The first-order valence-corrected chi connectivity index (χ1v) is 5.03. The monoisotopic (exact) mass is 299 g/mol. The zero-order chi connectivity index (χ0) is 15.1. The first-order valence-electron chi connectivity index (χ1n) is 5.03. The maximum Gasteiger partial charge on any atom is 0.475 e. The standard InChI is InChI=1S/C8H9F8N3/c1-2-3-19-5(6(9,10)11)18(4-17-19)8(15,16)7(12,13)14/h4-5H,2-3H2,1H3. The Bertz CT molecular complexity index is 347. The number of rotatable bonds is 3. The molecule has 112 valence electrons. The highest BCUT2D eigenvalue weighted by Crippen LogP contribution is 2.43. The van der Waals surface area contributed by atoms with Gasteiger partial charge in [-0.05, 0) is 6.42 Å². The second-order valence-electron chi connectivity index (χ2n) is 3.76. The van der Waals surface area contributed by atoms with Gasteiger partial charge in [-0.2, -0.15) is 40.2 Å². The van der Waals surface area contributed by atoms with Gasteiger partial charge in [-0.1, -0.05) is 6.92 Å². The molecule has 0 spiro atoms. The summed E-state index contributed by atoms with van der Waals surface area (Å²) in [6.07, 6.45) is -14.6. The van der Waals surface area contributed by atoms with E-state index in [0.29, 0.717) is 0 Å². The van der Waals surface area contributed by atoms with Gasteiger partial charge in [0.05, 0.1) is 0 Å². The molecule has 1 aliphatic rings. The molecule has 1 heterocycles. The second-order valence-corrected chi connectivity index (χ2v) is 3.76. The van der Waals surface area contributed by atoms with E-state index in [0.717, 1.165) is 0 Å². The molecule has 0 aromatic carbocycles. The number of alkyl halides is 8. The van der Waals surface area contributed by atoms with Crippen molar-refractivity contribution in [2.24, 2.45) is 5.10 Å². The molecule has 0 aliphatic carbocycles. The van der Waals surface area contributed by atoms with Crippen molar-refractivity contribution in [1.82, 2.24) is 9.91 Å². The van der Waals surface area contributed by atoms with E-state index in [-0.39, 0.29) is 17.8 Å². The Morgan fingerprint density at radius 2 is 1.58 bits per heavy atom. The number of hydrogen-bond acceptors (Lipinski definition) is 3. The predicted molar refractivity (Wildman–Crippen MR) is 48.2 cm³/mol. The van der Waals surface area contributed by atoms with Gasteiger partial charge >= 0.3 is 18.4 Å². The van der Waals surface area contributed by atoms with Crippen molar-refractivity contribution in [3.63, 3.8) is 0 Å². The van der Waals surface area contributed by atoms with Crippen LogP contribution in [0, 0.1) is 0 Å². The number of hydrogen-bond donors (Lipinski definition) is 0. The average Bonchev–Trinajstić information content (AvgIpc) is 2.60. The minimum Gasteiger partial charge on any atom is -0.264 e. The summed E-state index contributed by atoms with van der Waals surface area (Å²) in [5, 5.41) is 3.12. The van der Waals surface area contributed by atoms with Crippen LogP contribution in [0.25, 0.3) is 0 Å². The van der Waals surface area contributed by atoms with Gasteiger partial charge in [0.15, 0.2) is 0 Å². The minimum atomic E-state index is -6.13. The van der Waals surface area contributed by atoms with Crippen LogP contribution >= 0.6 is 0 Å². The summed E-state index contributed by atoms with van der Waals surface area (Å²) in [5.41, 5.74) is 0. The summed E-state index contributed by atoms with van der Waals surface area (Å²) in [6.45, 7) is 1.04. The van der Waals surface area contributed by atoms with Crippen molar-refractivity contribution in [2.45, 2.75) is 37.9 Å². The molecular formula is C8H9F8N3. The molecule has 0 radical (unpaired) electrons. The molecule has 0 aromatic rings. The van der Waals surface area contributed by atoms with Crippen LogP contribution in [0.15, 0.2) is 5.10 Å². The summed E-state index contributed by atoms with van der Waals surface area (Å²) in [4.78, 5) is -1.12. The Labute approximate surface area is 102 Å². The molecular weight excluding hydrogens is 290 g/mol. The second kappa shape index (κ2) is 4.67. The third-order valence-corrected chi connectivity index (χ3v) is 2.28. The third-order valence-electron chi connectivity index (χ3n) is 2.28. The molecule has 1 atom stereocenters. The highest BCUT2D eigenvalue weighted by Gasteiger charge is 2.68. The smallest absolute Gasteiger partial charge is 0.264 e. The maximum absolute atomic E-state index is 13.0. The molecule has 1 unspecified atom stereocenters. The van der Waals surface area contributed by atoms with E-state index in [1.807, 2.05) is 0 Å². The predicted octanol–water partition coefficient (Wildman–Crippen LogP) is 3.00. The number of nitrogens with zero attached hydrogens (tertiary/aromatic N) is 3. The topological polar surface area (TPSA) is 18.8 Å². The maximum atomic E-state index is 13.0.